The van der Waals surface area contributed by atoms with Gasteiger partial charge in [-0.25, -0.2) is 0 Å². The number of nitrogens with two attached hydrogens (primary N) is 1. The second kappa shape index (κ2) is 5.39. The highest BCUT2D eigenvalue weighted by molar-refractivity contribution is 5.92. The quantitative estimate of drug-likeness (QED) is 0.837. The van der Waals surface area contributed by atoms with E-state index in [1.54, 1.807) is 53.2 Å². The van der Waals surface area contributed by atoms with Crippen molar-refractivity contribution in [1.29, 1.82) is 0 Å². The Balaban J connectivity index is 2.09. The van der Waals surface area contributed by atoms with Gasteiger partial charge in [0.2, 0.25) is 5.91 Å². The van der Waals surface area contributed by atoms with Gasteiger partial charge in [0.25, 0.3) is 0 Å². The minimum atomic E-state index is -0.0755. The Morgan fingerprint density at radius 1 is 1.16 bits per heavy atom. The zero-order valence-corrected chi connectivity index (χ0v) is 10.6. The van der Waals surface area contributed by atoms with E-state index in [0.717, 1.165) is 5.69 Å². The van der Waals surface area contributed by atoms with E-state index in [9.17, 15) is 9.59 Å². The Morgan fingerprint density at radius 2 is 1.74 bits per heavy atom. The lowest BCUT2D eigenvalue weighted by molar-refractivity contribution is -0.118. The van der Waals surface area contributed by atoms with Crippen LogP contribution in [0.4, 0.5) is 11.4 Å². The van der Waals surface area contributed by atoms with E-state index in [4.69, 9.17) is 5.73 Å². The highest BCUT2D eigenvalue weighted by Crippen LogP contribution is 2.15. The molecule has 2 rings (SSSR count). The number of nitrogen functional groups attached to an aromatic ring is 1. The molecule has 19 heavy (non-hydrogen) atoms. The lowest BCUT2D eigenvalue weighted by Gasteiger charge is -2.18. The van der Waals surface area contributed by atoms with E-state index in [1.165, 1.54) is 12.1 Å². The van der Waals surface area contributed by atoms with E-state index >= 15 is 0 Å². The number of benzene rings is 1. The van der Waals surface area contributed by atoms with Crippen LogP contribution in [0, 0.1) is 0 Å². The molecule has 0 unspecified atom stereocenters. The first-order valence-electron chi connectivity index (χ1n) is 5.84. The summed E-state index contributed by atoms with van der Waals surface area (Å²) in [6.45, 7) is 0.182. The average molecular weight is 257 g/mol. The Morgan fingerprint density at radius 3 is 2.32 bits per heavy atom. The van der Waals surface area contributed by atoms with Crippen LogP contribution in [0.25, 0.3) is 0 Å². The molecule has 2 N–H and O–H groups in total. The molecule has 1 heterocycles. The van der Waals surface area contributed by atoms with Gasteiger partial charge in [0.15, 0.2) is 5.43 Å². The smallest absolute Gasteiger partial charge is 0.246 e. The number of aromatic nitrogens is 1. The molecule has 0 saturated heterocycles. The highest BCUT2D eigenvalue weighted by atomic mass is 16.2. The molecule has 0 bridgehead atoms. The monoisotopic (exact) mass is 257 g/mol. The van der Waals surface area contributed by atoms with Gasteiger partial charge in [-0.05, 0) is 24.3 Å². The van der Waals surface area contributed by atoms with Crippen molar-refractivity contribution in [2.75, 3.05) is 17.7 Å². The third-order valence-corrected chi connectivity index (χ3v) is 2.83. The van der Waals surface area contributed by atoms with Crippen LogP contribution >= 0.6 is 0 Å². The molecule has 1 aromatic heterocycles. The second-order valence-corrected chi connectivity index (χ2v) is 4.25. The summed E-state index contributed by atoms with van der Waals surface area (Å²) < 4.78 is 1.66. The number of nitrogens with zero attached hydrogens (tertiary/aromatic N) is 2. The molecule has 0 aliphatic rings. The fraction of sp³-hybridized carbons (Fsp3) is 0.143. The van der Waals surface area contributed by atoms with Crippen molar-refractivity contribution in [2.45, 2.75) is 6.54 Å². The first-order valence-corrected chi connectivity index (χ1v) is 5.84. The molecule has 0 saturated carbocycles. The topological polar surface area (TPSA) is 68.3 Å². The molecule has 0 spiro atoms. The Bertz CT molecular complexity index is 611. The normalized spacial score (nSPS) is 10.2. The van der Waals surface area contributed by atoms with Crippen molar-refractivity contribution in [1.82, 2.24) is 4.57 Å². The number of carbonyl (C=O) groups is 1. The van der Waals surface area contributed by atoms with Crippen LogP contribution in [0.1, 0.15) is 0 Å². The third-order valence-electron chi connectivity index (χ3n) is 2.83. The first-order chi connectivity index (χ1) is 9.06. The largest absolute Gasteiger partial charge is 0.399 e. The molecule has 0 atom stereocenters. The Kier molecular flexibility index (Phi) is 3.66. The minimum Gasteiger partial charge on any atom is -0.399 e. The number of amides is 1. The summed E-state index contributed by atoms with van der Waals surface area (Å²) in [4.78, 5) is 24.6. The predicted octanol–water partition coefficient (Wildman–Crippen LogP) is 1.09. The number of pyridine rings is 1. The zero-order chi connectivity index (χ0) is 13.8. The van der Waals surface area contributed by atoms with Crippen LogP contribution in [0.5, 0.6) is 0 Å². The summed E-state index contributed by atoms with van der Waals surface area (Å²) in [5.74, 6) is -0.0755. The van der Waals surface area contributed by atoms with Crippen LogP contribution in [-0.4, -0.2) is 17.5 Å². The zero-order valence-electron chi connectivity index (χ0n) is 10.6. The number of anilines is 2. The number of hydrogen-bond donors (Lipinski definition) is 1. The van der Waals surface area contributed by atoms with Gasteiger partial charge in [-0.2, -0.15) is 0 Å². The molecule has 1 aromatic carbocycles. The molecule has 2 aromatic rings. The van der Waals surface area contributed by atoms with Gasteiger partial charge < -0.3 is 15.2 Å². The summed E-state index contributed by atoms with van der Waals surface area (Å²) in [7, 11) is 1.70. The molecule has 5 nitrogen and oxygen atoms in total. The van der Waals surface area contributed by atoms with Crippen LogP contribution in [0.3, 0.4) is 0 Å². The first kappa shape index (κ1) is 12.9. The van der Waals surface area contributed by atoms with Crippen LogP contribution in [-0.2, 0) is 11.3 Å². The predicted molar refractivity (Wildman–Crippen MR) is 75.0 cm³/mol. The van der Waals surface area contributed by atoms with Crippen LogP contribution in [0.15, 0.2) is 53.6 Å². The van der Waals surface area contributed by atoms with Crippen molar-refractivity contribution >= 4 is 17.3 Å². The molecular weight excluding hydrogens is 242 g/mol. The van der Waals surface area contributed by atoms with Crippen molar-refractivity contribution in [3.8, 4) is 0 Å². The second-order valence-electron chi connectivity index (χ2n) is 4.25. The van der Waals surface area contributed by atoms with E-state index in [0.29, 0.717) is 5.69 Å². The standard InChI is InChI=1S/C14H15N3O2/c1-16(12-4-2-11(15)3-5-12)14(19)10-17-8-6-13(18)7-9-17/h2-9H,10,15H2,1H3. The van der Waals surface area contributed by atoms with Crippen molar-refractivity contribution in [2.24, 2.45) is 0 Å². The van der Waals surface area contributed by atoms with Crippen molar-refractivity contribution in [3.63, 3.8) is 0 Å². The Labute approximate surface area is 110 Å². The van der Waals surface area contributed by atoms with E-state index in [2.05, 4.69) is 0 Å². The third kappa shape index (κ3) is 3.22. The van der Waals surface area contributed by atoms with Gasteiger partial charge >= 0.3 is 0 Å². The van der Waals surface area contributed by atoms with Gasteiger partial charge in [0.1, 0.15) is 6.54 Å². The number of likely N-dealkylation sites (N-methyl/N-ethyl adjacent to an activating group) is 1. The SMILES string of the molecule is CN(C(=O)Cn1ccc(=O)cc1)c1ccc(N)cc1. The van der Waals surface area contributed by atoms with Crippen molar-refractivity contribution < 1.29 is 4.79 Å². The average Bonchev–Trinajstić information content (AvgIpc) is 2.41. The molecule has 0 radical (unpaired) electrons. The minimum absolute atomic E-state index is 0.0735. The van der Waals surface area contributed by atoms with Gasteiger partial charge in [0, 0.05) is 42.9 Å². The summed E-state index contributed by atoms with van der Waals surface area (Å²) in [6.07, 6.45) is 3.19. The molecule has 0 aliphatic carbocycles. The van der Waals surface area contributed by atoms with E-state index in [1.807, 2.05) is 0 Å². The molecule has 98 valence electrons. The molecular formula is C14H15N3O2. The maximum Gasteiger partial charge on any atom is 0.246 e. The van der Waals surface area contributed by atoms with Crippen LogP contribution < -0.4 is 16.1 Å². The highest BCUT2D eigenvalue weighted by Gasteiger charge is 2.10. The summed E-state index contributed by atoms with van der Waals surface area (Å²) in [5, 5.41) is 0. The van der Waals surface area contributed by atoms with Gasteiger partial charge in [-0.15, -0.1) is 0 Å². The fourth-order valence-electron chi connectivity index (χ4n) is 1.65. The summed E-state index contributed by atoms with van der Waals surface area (Å²) >= 11 is 0. The van der Waals surface area contributed by atoms with Crippen LogP contribution in [0.2, 0.25) is 0 Å². The maximum atomic E-state index is 12.1. The molecule has 0 fully saturated rings. The lowest BCUT2D eigenvalue weighted by atomic mass is 10.2. The summed E-state index contributed by atoms with van der Waals surface area (Å²) in [6, 6.07) is 9.93. The maximum absolute atomic E-state index is 12.1. The summed E-state index contributed by atoms with van der Waals surface area (Å²) in [5.41, 5.74) is 6.97. The lowest BCUT2D eigenvalue weighted by Crippen LogP contribution is -2.30. The number of hydrogen-bond acceptors (Lipinski definition) is 3. The molecule has 0 aliphatic heterocycles. The fourth-order valence-corrected chi connectivity index (χ4v) is 1.65. The van der Waals surface area contributed by atoms with Gasteiger partial charge in [-0.3, -0.25) is 9.59 Å². The van der Waals surface area contributed by atoms with Gasteiger partial charge in [0.05, 0.1) is 0 Å². The molecule has 1 amide bonds. The Hall–Kier alpha value is -2.56. The van der Waals surface area contributed by atoms with Gasteiger partial charge in [-0.1, -0.05) is 0 Å². The molecule has 5 heteroatoms. The van der Waals surface area contributed by atoms with E-state index in [-0.39, 0.29) is 17.9 Å². The number of carbonyl (C=O) groups excluding carboxylic acids is 1. The van der Waals surface area contributed by atoms with Crippen molar-refractivity contribution in [3.05, 3.63) is 59.0 Å². The van der Waals surface area contributed by atoms with E-state index < -0.39 is 0 Å². The number of rotatable bonds is 3.